The second-order valence-corrected chi connectivity index (χ2v) is 8.15. The maximum atomic E-state index is 12.5. The molecule has 0 aliphatic heterocycles. The maximum absolute atomic E-state index is 12.5. The molecule has 8 heteroatoms. The van der Waals surface area contributed by atoms with Crippen molar-refractivity contribution in [3.8, 4) is 11.1 Å². The Morgan fingerprint density at radius 2 is 1.61 bits per heavy atom. The van der Waals surface area contributed by atoms with E-state index in [2.05, 4.69) is 22.8 Å². The van der Waals surface area contributed by atoms with Crippen LogP contribution in [0, 0.1) is 0 Å². The van der Waals surface area contributed by atoms with Gasteiger partial charge in [0.2, 0.25) is 0 Å². The Labute approximate surface area is 195 Å². The molecule has 3 aromatic rings. The smallest absolute Gasteiger partial charge is 0.411 e. The molecule has 1 aliphatic carbocycles. The van der Waals surface area contributed by atoms with Gasteiger partial charge in [0, 0.05) is 22.2 Å². The van der Waals surface area contributed by atoms with Gasteiger partial charge in [0.15, 0.2) is 0 Å². The lowest BCUT2D eigenvalue weighted by Gasteiger charge is -2.15. The van der Waals surface area contributed by atoms with Gasteiger partial charge in [-0.3, -0.25) is 14.9 Å². The Hall–Kier alpha value is -3.84. The first kappa shape index (κ1) is 22.4. The zero-order valence-corrected chi connectivity index (χ0v) is 18.4. The molecular formula is C25H21ClN2O5. The number of carbonyl (C=O) groups excluding carboxylic acids is 2. The van der Waals surface area contributed by atoms with Gasteiger partial charge in [-0.15, -0.1) is 0 Å². The van der Waals surface area contributed by atoms with E-state index in [4.69, 9.17) is 21.4 Å². The molecule has 0 radical (unpaired) electrons. The Morgan fingerprint density at radius 1 is 1.00 bits per heavy atom. The molecule has 1 atom stereocenters. The van der Waals surface area contributed by atoms with Crippen LogP contribution < -0.4 is 10.6 Å². The number of aliphatic carboxylic acids is 1. The van der Waals surface area contributed by atoms with Crippen LogP contribution in [0.1, 0.15) is 34.3 Å². The van der Waals surface area contributed by atoms with Crippen molar-refractivity contribution < 1.29 is 24.2 Å². The van der Waals surface area contributed by atoms with Gasteiger partial charge < -0.3 is 15.2 Å². The van der Waals surface area contributed by atoms with Gasteiger partial charge in [-0.05, 0) is 47.4 Å². The summed E-state index contributed by atoms with van der Waals surface area (Å²) in [5.41, 5.74) is 4.82. The molecule has 3 aromatic carbocycles. The quantitative estimate of drug-likeness (QED) is 0.481. The molecule has 0 saturated heterocycles. The van der Waals surface area contributed by atoms with Crippen molar-refractivity contribution in [3.63, 3.8) is 0 Å². The number of carbonyl (C=O) groups is 3. The average Bonchev–Trinajstić information content (AvgIpc) is 3.11. The van der Waals surface area contributed by atoms with E-state index in [0.717, 1.165) is 22.3 Å². The lowest BCUT2D eigenvalue weighted by atomic mass is 9.98. The van der Waals surface area contributed by atoms with Gasteiger partial charge in [0.05, 0.1) is 0 Å². The number of carboxylic acid groups (broad SMARTS) is 1. The first-order valence-corrected chi connectivity index (χ1v) is 10.7. The number of amides is 2. The summed E-state index contributed by atoms with van der Waals surface area (Å²) in [5, 5.41) is 14.1. The van der Waals surface area contributed by atoms with Gasteiger partial charge in [-0.1, -0.05) is 60.1 Å². The number of carboxylic acids is 1. The monoisotopic (exact) mass is 464 g/mol. The number of benzene rings is 3. The third kappa shape index (κ3) is 4.83. The number of fused-ring (bicyclic) bond motifs is 3. The van der Waals surface area contributed by atoms with Crippen LogP contribution in [0.5, 0.6) is 0 Å². The minimum absolute atomic E-state index is 0.0821. The van der Waals surface area contributed by atoms with Crippen molar-refractivity contribution in [3.05, 3.63) is 88.4 Å². The Bertz CT molecular complexity index is 1200. The van der Waals surface area contributed by atoms with Crippen molar-refractivity contribution in [2.75, 3.05) is 11.9 Å². The molecule has 2 amide bonds. The summed E-state index contributed by atoms with van der Waals surface area (Å²) in [6.07, 6.45) is -0.690. The van der Waals surface area contributed by atoms with Crippen molar-refractivity contribution >= 4 is 35.3 Å². The molecule has 3 N–H and O–H groups in total. The molecule has 33 heavy (non-hydrogen) atoms. The van der Waals surface area contributed by atoms with Gasteiger partial charge in [0.1, 0.15) is 12.6 Å². The van der Waals surface area contributed by atoms with Crippen molar-refractivity contribution in [2.24, 2.45) is 0 Å². The van der Waals surface area contributed by atoms with Crippen LogP contribution in [0.2, 0.25) is 5.02 Å². The SMILES string of the molecule is C[C@@H](NC(=O)c1cc(Cl)cc(NC(=O)OCC2c3ccccc3-c3ccccc32)c1)C(=O)O. The third-order valence-electron chi connectivity index (χ3n) is 5.47. The minimum Gasteiger partial charge on any atom is -0.480 e. The van der Waals surface area contributed by atoms with E-state index in [1.54, 1.807) is 0 Å². The standard InChI is InChI=1S/C25H21ClN2O5/c1-14(24(30)31)27-23(29)15-10-16(26)12-17(11-15)28-25(32)33-13-22-20-8-4-2-6-18(20)19-7-3-5-9-21(19)22/h2-12,14,22H,13H2,1H3,(H,27,29)(H,28,32)(H,30,31)/t14-/m1/s1. The van der Waals surface area contributed by atoms with E-state index in [1.165, 1.54) is 25.1 Å². The molecular weight excluding hydrogens is 444 g/mol. The number of ether oxygens (including phenoxy) is 1. The van der Waals surface area contributed by atoms with Crippen molar-refractivity contribution in [1.82, 2.24) is 5.32 Å². The van der Waals surface area contributed by atoms with E-state index < -0.39 is 24.0 Å². The van der Waals surface area contributed by atoms with Crippen LogP contribution in [0.15, 0.2) is 66.7 Å². The van der Waals surface area contributed by atoms with Crippen LogP contribution in [-0.2, 0) is 9.53 Å². The second-order valence-electron chi connectivity index (χ2n) is 7.71. The first-order valence-electron chi connectivity index (χ1n) is 10.3. The van der Waals surface area contributed by atoms with E-state index in [9.17, 15) is 14.4 Å². The molecule has 0 bridgehead atoms. The summed E-state index contributed by atoms with van der Waals surface area (Å²) in [4.78, 5) is 35.8. The highest BCUT2D eigenvalue weighted by atomic mass is 35.5. The van der Waals surface area contributed by atoms with Gasteiger partial charge >= 0.3 is 12.1 Å². The molecule has 7 nitrogen and oxygen atoms in total. The summed E-state index contributed by atoms with van der Waals surface area (Å²) >= 11 is 6.08. The van der Waals surface area contributed by atoms with Crippen molar-refractivity contribution in [1.29, 1.82) is 0 Å². The number of halogens is 1. The second kappa shape index (κ2) is 9.34. The summed E-state index contributed by atoms with van der Waals surface area (Å²) < 4.78 is 5.51. The molecule has 0 spiro atoms. The molecule has 1 aliphatic rings. The summed E-state index contributed by atoms with van der Waals surface area (Å²) in [5.74, 6) is -1.87. The fourth-order valence-corrected chi connectivity index (χ4v) is 4.12. The molecule has 0 unspecified atom stereocenters. The van der Waals surface area contributed by atoms with Crippen LogP contribution >= 0.6 is 11.6 Å². The van der Waals surface area contributed by atoms with E-state index in [0.29, 0.717) is 0 Å². The van der Waals surface area contributed by atoms with Gasteiger partial charge in [-0.2, -0.15) is 0 Å². The van der Waals surface area contributed by atoms with Gasteiger partial charge in [0.25, 0.3) is 5.91 Å². The zero-order valence-electron chi connectivity index (χ0n) is 17.7. The highest BCUT2D eigenvalue weighted by molar-refractivity contribution is 6.31. The normalized spacial score (nSPS) is 12.9. The fraction of sp³-hybridized carbons (Fsp3) is 0.160. The number of anilines is 1. The predicted octanol–water partition coefficient (Wildman–Crippen LogP) is 4.90. The fourth-order valence-electron chi connectivity index (χ4n) is 3.89. The van der Waals surface area contributed by atoms with E-state index in [1.807, 2.05) is 36.4 Å². The molecule has 0 fully saturated rings. The summed E-state index contributed by atoms with van der Waals surface area (Å²) in [7, 11) is 0. The lowest BCUT2D eigenvalue weighted by molar-refractivity contribution is -0.138. The largest absolute Gasteiger partial charge is 0.480 e. The summed E-state index contributed by atoms with van der Waals surface area (Å²) in [6, 6.07) is 19.2. The number of rotatable bonds is 6. The molecule has 0 saturated carbocycles. The Balaban J connectivity index is 1.44. The van der Waals surface area contributed by atoms with Crippen LogP contribution in [0.3, 0.4) is 0 Å². The van der Waals surface area contributed by atoms with E-state index in [-0.39, 0.29) is 28.8 Å². The average molecular weight is 465 g/mol. The number of hydrogen-bond donors (Lipinski definition) is 3. The minimum atomic E-state index is -1.16. The maximum Gasteiger partial charge on any atom is 0.411 e. The first-order chi connectivity index (χ1) is 15.8. The Kier molecular flexibility index (Phi) is 6.33. The number of hydrogen-bond acceptors (Lipinski definition) is 4. The predicted molar refractivity (Wildman–Crippen MR) is 125 cm³/mol. The van der Waals surface area contributed by atoms with Crippen LogP contribution in [0.4, 0.5) is 10.5 Å². The Morgan fingerprint density at radius 3 is 2.21 bits per heavy atom. The lowest BCUT2D eigenvalue weighted by Crippen LogP contribution is -2.38. The number of nitrogens with one attached hydrogen (secondary N) is 2. The van der Waals surface area contributed by atoms with Crippen LogP contribution in [-0.4, -0.2) is 35.7 Å². The topological polar surface area (TPSA) is 105 Å². The van der Waals surface area contributed by atoms with E-state index >= 15 is 0 Å². The highest BCUT2D eigenvalue weighted by Gasteiger charge is 2.29. The molecule has 0 aromatic heterocycles. The van der Waals surface area contributed by atoms with Crippen LogP contribution in [0.25, 0.3) is 11.1 Å². The third-order valence-corrected chi connectivity index (χ3v) is 5.69. The highest BCUT2D eigenvalue weighted by Crippen LogP contribution is 2.44. The zero-order chi connectivity index (χ0) is 23.5. The van der Waals surface area contributed by atoms with Gasteiger partial charge in [-0.25, -0.2) is 4.79 Å². The van der Waals surface area contributed by atoms with Crippen molar-refractivity contribution in [2.45, 2.75) is 18.9 Å². The molecule has 168 valence electrons. The molecule has 4 rings (SSSR count). The summed E-state index contributed by atoms with van der Waals surface area (Å²) in [6.45, 7) is 1.49. The molecule has 0 heterocycles.